The summed E-state index contributed by atoms with van der Waals surface area (Å²) in [6, 6.07) is 0. The molecule has 0 aliphatic carbocycles. The van der Waals surface area contributed by atoms with Crippen LogP contribution in [0.1, 0.15) is 6.92 Å². The normalized spacial score (nSPS) is 18.7. The molecule has 15 heavy (non-hydrogen) atoms. The fourth-order valence-corrected chi connectivity index (χ4v) is 1.29. The number of nitrogens with one attached hydrogen (secondary N) is 2. The summed E-state index contributed by atoms with van der Waals surface area (Å²) in [5.74, 6) is -0.0371. The third kappa shape index (κ3) is 4.59. The number of nitrogens with zero attached hydrogens (tertiary/aromatic N) is 1. The van der Waals surface area contributed by atoms with Crippen LogP contribution >= 0.6 is 0 Å². The molecule has 1 fully saturated rings. The van der Waals surface area contributed by atoms with Crippen LogP contribution in [0.2, 0.25) is 0 Å². The minimum absolute atomic E-state index is 0.0371. The van der Waals surface area contributed by atoms with E-state index in [0.717, 1.165) is 19.6 Å². The Morgan fingerprint density at radius 2 is 2.20 bits per heavy atom. The Bertz CT molecular complexity index is 215. The van der Waals surface area contributed by atoms with Crippen LogP contribution in [0.25, 0.3) is 0 Å². The number of hydrogen-bond donors (Lipinski definition) is 2. The van der Waals surface area contributed by atoms with Crippen LogP contribution in [0.5, 0.6) is 0 Å². The fourth-order valence-electron chi connectivity index (χ4n) is 1.29. The molecule has 0 aromatic carbocycles. The molecule has 0 saturated carbocycles. The van der Waals surface area contributed by atoms with Crippen LogP contribution < -0.4 is 10.6 Å². The Hall–Kier alpha value is -0.650. The summed E-state index contributed by atoms with van der Waals surface area (Å²) in [5.41, 5.74) is -0.140. The summed E-state index contributed by atoms with van der Waals surface area (Å²) < 4.78 is 5.50. The first-order valence-electron chi connectivity index (χ1n) is 5.28. The van der Waals surface area contributed by atoms with Crippen molar-refractivity contribution < 1.29 is 9.53 Å². The van der Waals surface area contributed by atoms with Crippen LogP contribution in [0.4, 0.5) is 0 Å². The van der Waals surface area contributed by atoms with Gasteiger partial charge in [-0.05, 0) is 21.0 Å². The molecule has 0 radical (unpaired) electrons. The van der Waals surface area contributed by atoms with Crippen molar-refractivity contribution >= 4 is 5.91 Å². The molecule has 1 aliphatic heterocycles. The number of carbonyl (C=O) groups excluding carboxylic acids is 1. The molecule has 5 nitrogen and oxygen atoms in total. The van der Waals surface area contributed by atoms with Gasteiger partial charge in [-0.2, -0.15) is 0 Å². The molecule has 0 bridgehead atoms. The van der Waals surface area contributed by atoms with Crippen LogP contribution in [0.3, 0.4) is 0 Å². The number of likely N-dealkylation sites (N-methyl/N-ethyl adjacent to an activating group) is 1. The van der Waals surface area contributed by atoms with E-state index >= 15 is 0 Å². The van der Waals surface area contributed by atoms with Gasteiger partial charge in [0.1, 0.15) is 6.61 Å². The van der Waals surface area contributed by atoms with E-state index in [9.17, 15) is 4.79 Å². The highest BCUT2D eigenvalue weighted by molar-refractivity contribution is 5.77. The molecule has 2 N–H and O–H groups in total. The zero-order valence-electron chi connectivity index (χ0n) is 9.80. The molecule has 1 saturated heterocycles. The SMILES string of the molecule is CN(C)CCNC(=O)COC1(C)CNC1. The largest absolute Gasteiger partial charge is 0.363 e. The zero-order valence-corrected chi connectivity index (χ0v) is 9.80. The summed E-state index contributed by atoms with van der Waals surface area (Å²) in [5, 5.41) is 5.93. The van der Waals surface area contributed by atoms with Crippen molar-refractivity contribution in [3.63, 3.8) is 0 Å². The highest BCUT2D eigenvalue weighted by atomic mass is 16.5. The first-order valence-corrected chi connectivity index (χ1v) is 5.28. The zero-order chi connectivity index (χ0) is 11.3. The summed E-state index contributed by atoms with van der Waals surface area (Å²) in [7, 11) is 3.95. The average Bonchev–Trinajstić information content (AvgIpc) is 2.11. The van der Waals surface area contributed by atoms with Crippen molar-refractivity contribution in [2.45, 2.75) is 12.5 Å². The van der Waals surface area contributed by atoms with Gasteiger partial charge in [0.25, 0.3) is 0 Å². The first kappa shape index (κ1) is 12.4. The lowest BCUT2D eigenvalue weighted by Gasteiger charge is -2.38. The van der Waals surface area contributed by atoms with Gasteiger partial charge in [0.2, 0.25) is 5.91 Å². The van der Waals surface area contributed by atoms with Crippen molar-refractivity contribution in [3.05, 3.63) is 0 Å². The van der Waals surface area contributed by atoms with E-state index in [2.05, 4.69) is 10.6 Å². The van der Waals surface area contributed by atoms with Gasteiger partial charge in [-0.25, -0.2) is 0 Å². The van der Waals surface area contributed by atoms with Crippen molar-refractivity contribution in [2.24, 2.45) is 0 Å². The number of amides is 1. The van der Waals surface area contributed by atoms with E-state index in [1.165, 1.54) is 0 Å². The van der Waals surface area contributed by atoms with Gasteiger partial charge in [-0.3, -0.25) is 4.79 Å². The van der Waals surface area contributed by atoms with E-state index in [-0.39, 0.29) is 18.1 Å². The van der Waals surface area contributed by atoms with Gasteiger partial charge < -0.3 is 20.3 Å². The number of hydrogen-bond acceptors (Lipinski definition) is 4. The van der Waals surface area contributed by atoms with Gasteiger partial charge >= 0.3 is 0 Å². The van der Waals surface area contributed by atoms with Crippen molar-refractivity contribution in [2.75, 3.05) is 46.9 Å². The molecule has 0 aromatic rings. The maximum absolute atomic E-state index is 11.3. The monoisotopic (exact) mass is 215 g/mol. The Morgan fingerprint density at radius 1 is 1.53 bits per heavy atom. The summed E-state index contributed by atoms with van der Waals surface area (Å²) in [6.45, 7) is 5.35. The Balaban J connectivity index is 2.03. The van der Waals surface area contributed by atoms with Crippen LogP contribution in [0.15, 0.2) is 0 Å². The molecule has 1 aliphatic rings. The lowest BCUT2D eigenvalue weighted by Crippen LogP contribution is -2.59. The second kappa shape index (κ2) is 5.44. The lowest BCUT2D eigenvalue weighted by atomic mass is 10.0. The lowest BCUT2D eigenvalue weighted by molar-refractivity contribution is -0.135. The molecule has 0 unspecified atom stereocenters. The van der Waals surface area contributed by atoms with E-state index in [1.54, 1.807) is 0 Å². The predicted octanol–water partition coefficient (Wildman–Crippen LogP) is -0.957. The summed E-state index contributed by atoms with van der Waals surface area (Å²) in [6.07, 6.45) is 0. The fraction of sp³-hybridized carbons (Fsp3) is 0.900. The van der Waals surface area contributed by atoms with E-state index in [1.807, 2.05) is 25.9 Å². The molecule has 0 spiro atoms. The van der Waals surface area contributed by atoms with Crippen molar-refractivity contribution in [3.8, 4) is 0 Å². The summed E-state index contributed by atoms with van der Waals surface area (Å²) in [4.78, 5) is 13.4. The van der Waals surface area contributed by atoms with Gasteiger partial charge in [0, 0.05) is 26.2 Å². The smallest absolute Gasteiger partial charge is 0.246 e. The third-order valence-electron chi connectivity index (χ3n) is 2.43. The molecule has 1 amide bonds. The number of carbonyl (C=O) groups is 1. The minimum Gasteiger partial charge on any atom is -0.363 e. The Labute approximate surface area is 91.2 Å². The van der Waals surface area contributed by atoms with Gasteiger partial charge in [-0.15, -0.1) is 0 Å². The second-order valence-electron chi connectivity index (χ2n) is 4.50. The van der Waals surface area contributed by atoms with Crippen LogP contribution in [-0.4, -0.2) is 63.3 Å². The predicted molar refractivity (Wildman–Crippen MR) is 58.8 cm³/mol. The van der Waals surface area contributed by atoms with Gasteiger partial charge in [-0.1, -0.05) is 0 Å². The molecular weight excluding hydrogens is 194 g/mol. The van der Waals surface area contributed by atoms with E-state index < -0.39 is 0 Å². The Morgan fingerprint density at radius 3 is 2.67 bits per heavy atom. The van der Waals surface area contributed by atoms with Gasteiger partial charge in [0.15, 0.2) is 0 Å². The topological polar surface area (TPSA) is 53.6 Å². The number of ether oxygens (including phenoxy) is 1. The quantitative estimate of drug-likeness (QED) is 0.599. The third-order valence-corrected chi connectivity index (χ3v) is 2.43. The summed E-state index contributed by atoms with van der Waals surface area (Å²) >= 11 is 0. The van der Waals surface area contributed by atoms with Crippen LogP contribution in [-0.2, 0) is 9.53 Å². The highest BCUT2D eigenvalue weighted by Gasteiger charge is 2.32. The molecule has 5 heteroatoms. The molecular formula is C10H21N3O2. The van der Waals surface area contributed by atoms with Gasteiger partial charge in [0.05, 0.1) is 5.60 Å². The molecule has 1 heterocycles. The molecule has 88 valence electrons. The van der Waals surface area contributed by atoms with Crippen LogP contribution in [0, 0.1) is 0 Å². The maximum atomic E-state index is 11.3. The van der Waals surface area contributed by atoms with Crippen molar-refractivity contribution in [1.29, 1.82) is 0 Å². The average molecular weight is 215 g/mol. The van der Waals surface area contributed by atoms with E-state index in [4.69, 9.17) is 4.74 Å². The Kier molecular flexibility index (Phi) is 4.50. The highest BCUT2D eigenvalue weighted by Crippen LogP contribution is 2.14. The maximum Gasteiger partial charge on any atom is 0.246 e. The first-order chi connectivity index (χ1) is 7.02. The molecule has 0 aromatic heterocycles. The number of rotatable bonds is 6. The molecule has 0 atom stereocenters. The molecule has 1 rings (SSSR count). The van der Waals surface area contributed by atoms with E-state index in [0.29, 0.717) is 6.54 Å². The standard InChI is InChI=1S/C10H21N3O2/c1-10(7-11-8-10)15-6-9(14)12-4-5-13(2)3/h11H,4-8H2,1-3H3,(H,12,14). The minimum atomic E-state index is -0.140. The van der Waals surface area contributed by atoms with Crippen molar-refractivity contribution in [1.82, 2.24) is 15.5 Å². The second-order valence-corrected chi connectivity index (χ2v) is 4.50.